The molecule has 0 fully saturated rings. The molecule has 0 aromatic heterocycles. The van der Waals surface area contributed by atoms with E-state index >= 15 is 0 Å². The Labute approximate surface area is 92.6 Å². The molecule has 0 aliphatic heterocycles. The molecule has 0 aromatic rings. The summed E-state index contributed by atoms with van der Waals surface area (Å²) in [5.41, 5.74) is 0. The first-order valence-corrected chi connectivity index (χ1v) is 4.73. The molecule has 0 aliphatic carbocycles. The van der Waals surface area contributed by atoms with Gasteiger partial charge in [-0.1, -0.05) is 66.7 Å². The van der Waals surface area contributed by atoms with Gasteiger partial charge in [0, 0.05) is 0 Å². The van der Waals surface area contributed by atoms with Gasteiger partial charge in [-0.25, -0.2) is 0 Å². The van der Waals surface area contributed by atoms with Crippen LogP contribution in [0.4, 0.5) is 13.2 Å². The normalized spacial score (nSPS) is 15.3. The van der Waals surface area contributed by atoms with Gasteiger partial charge in [0.15, 0.2) is 0 Å². The Hall–Kier alpha value is 1.62. The lowest BCUT2D eigenvalue weighted by atomic mass is 10.5. The van der Waals surface area contributed by atoms with Crippen LogP contribution in [0.3, 0.4) is 0 Å². The maximum Gasteiger partial charge on any atom is 0.417 e. The van der Waals surface area contributed by atoms with Gasteiger partial charge in [0.25, 0.3) is 0 Å². The van der Waals surface area contributed by atoms with Crippen molar-refractivity contribution in [1.82, 2.24) is 0 Å². The molecule has 68 valence electrons. The third-order valence-electron chi connectivity index (χ3n) is 0.712. The van der Waals surface area contributed by atoms with Crippen molar-refractivity contribution in [3.63, 3.8) is 0 Å². The van der Waals surface area contributed by atoms with Gasteiger partial charge in [0.1, 0.15) is 0 Å². The van der Waals surface area contributed by atoms with Gasteiger partial charge in [-0.05, 0) is 0 Å². The van der Waals surface area contributed by atoms with Gasteiger partial charge in [-0.15, -0.1) is 0 Å². The summed E-state index contributed by atoms with van der Waals surface area (Å²) >= 11 is 19.5. The van der Waals surface area contributed by atoms with Crippen LogP contribution in [-0.2, 0) is 0 Å². The minimum Gasteiger partial charge on any atom is -0.168 e. The van der Waals surface area contributed by atoms with E-state index in [0.29, 0.717) is 0 Å². The number of hydrogen-bond acceptors (Lipinski definition) is 0. The number of alkyl halides is 8. The summed E-state index contributed by atoms with van der Waals surface area (Å²) in [7, 11) is 0. The van der Waals surface area contributed by atoms with Crippen LogP contribution in [0.25, 0.3) is 0 Å². The zero-order valence-corrected chi connectivity index (χ0v) is 9.96. The largest absolute Gasteiger partial charge is 0.417 e. The smallest absolute Gasteiger partial charge is 0.168 e. The van der Waals surface area contributed by atoms with Crippen LogP contribution < -0.4 is 0 Å². The molecule has 0 radical (unpaired) electrons. The highest BCUT2D eigenvalue weighted by Gasteiger charge is 2.63. The average Bonchev–Trinajstić information content (AvgIpc) is 1.58. The maximum absolute atomic E-state index is 12.0. The lowest BCUT2D eigenvalue weighted by Gasteiger charge is -2.29. The Bertz CT molecular complexity index is 133. The number of rotatable bonds is 0. The van der Waals surface area contributed by atoms with E-state index in [9.17, 15) is 13.2 Å². The summed E-state index contributed by atoms with van der Waals surface area (Å²) in [5.74, 6) is 0. The third kappa shape index (κ3) is 2.79. The van der Waals surface area contributed by atoms with Crippen LogP contribution in [0.15, 0.2) is 0 Å². The topological polar surface area (TPSA) is 0 Å². The minimum atomic E-state index is -4.68. The van der Waals surface area contributed by atoms with E-state index in [-0.39, 0.29) is 0 Å². The summed E-state index contributed by atoms with van der Waals surface area (Å²) in [6.45, 7) is 0. The molecular formula is C3Br2Cl3F3. The van der Waals surface area contributed by atoms with Gasteiger partial charge in [0.05, 0.1) is 0 Å². The highest BCUT2D eigenvalue weighted by Crippen LogP contribution is 2.57. The standard InChI is InChI=1S/C3Br2Cl3F3/c4-1(5,2(6,7)8)3(9,10)11. The Kier molecular flexibility index (Phi) is 3.91. The van der Waals surface area contributed by atoms with Crippen LogP contribution in [0, 0.1) is 0 Å². The number of halogens is 8. The lowest BCUT2D eigenvalue weighted by molar-refractivity contribution is -0.132. The van der Waals surface area contributed by atoms with Crippen LogP contribution in [0.5, 0.6) is 0 Å². The second kappa shape index (κ2) is 3.40. The van der Waals surface area contributed by atoms with Gasteiger partial charge in [0.2, 0.25) is 7.03 Å². The van der Waals surface area contributed by atoms with E-state index in [1.165, 1.54) is 0 Å². The molecular weight excluding hydrogens is 359 g/mol. The second-order valence-corrected chi connectivity index (χ2v) is 7.29. The maximum atomic E-state index is 12.0. The highest BCUT2D eigenvalue weighted by molar-refractivity contribution is 9.25. The second-order valence-electron chi connectivity index (χ2n) is 1.57. The molecule has 0 unspecified atom stereocenters. The van der Waals surface area contributed by atoms with E-state index in [1.807, 2.05) is 0 Å². The van der Waals surface area contributed by atoms with E-state index in [1.54, 1.807) is 0 Å². The van der Waals surface area contributed by atoms with E-state index < -0.39 is 13.2 Å². The summed E-state index contributed by atoms with van der Waals surface area (Å²) < 4.78 is 30.7. The fraction of sp³-hybridized carbons (Fsp3) is 1.00. The fourth-order valence-corrected chi connectivity index (χ4v) is 0.482. The molecule has 0 aliphatic rings. The predicted octanol–water partition coefficient (Wildman–Crippen LogP) is 4.40. The highest BCUT2D eigenvalue weighted by atomic mass is 79.9. The molecule has 0 saturated carbocycles. The van der Waals surface area contributed by atoms with Crippen molar-refractivity contribution < 1.29 is 13.2 Å². The average molecular weight is 359 g/mol. The van der Waals surface area contributed by atoms with E-state index in [4.69, 9.17) is 34.8 Å². The van der Waals surface area contributed by atoms with Gasteiger partial charge >= 0.3 is 6.18 Å². The van der Waals surface area contributed by atoms with Crippen molar-refractivity contribution in [2.45, 2.75) is 13.2 Å². The van der Waals surface area contributed by atoms with Crippen molar-refractivity contribution >= 4 is 66.7 Å². The quantitative estimate of drug-likeness (QED) is 0.563. The Morgan fingerprint density at radius 2 is 1.18 bits per heavy atom. The van der Waals surface area contributed by atoms with Crippen LogP contribution >= 0.6 is 66.7 Å². The van der Waals surface area contributed by atoms with Crippen molar-refractivity contribution in [3.8, 4) is 0 Å². The summed E-state index contributed by atoms with van der Waals surface area (Å²) in [6.07, 6.45) is -4.68. The molecule has 0 rings (SSSR count). The summed E-state index contributed by atoms with van der Waals surface area (Å²) in [6, 6.07) is 0. The molecule has 0 nitrogen and oxygen atoms in total. The Balaban J connectivity index is 4.75. The fourth-order valence-electron chi connectivity index (χ4n) is 0.161. The predicted molar refractivity (Wildman–Crippen MR) is 46.9 cm³/mol. The first-order valence-electron chi connectivity index (χ1n) is 2.01. The zero-order valence-electron chi connectivity index (χ0n) is 4.52. The number of hydrogen-bond donors (Lipinski definition) is 0. The third-order valence-corrected chi connectivity index (χ3v) is 5.02. The molecule has 0 spiro atoms. The van der Waals surface area contributed by atoms with E-state index in [0.717, 1.165) is 0 Å². The Morgan fingerprint density at radius 3 is 1.18 bits per heavy atom. The Morgan fingerprint density at radius 1 is 0.909 bits per heavy atom. The van der Waals surface area contributed by atoms with Crippen molar-refractivity contribution in [2.75, 3.05) is 0 Å². The van der Waals surface area contributed by atoms with Crippen LogP contribution in [0.1, 0.15) is 0 Å². The molecule has 0 amide bonds. The van der Waals surface area contributed by atoms with Crippen molar-refractivity contribution in [3.05, 3.63) is 0 Å². The molecule has 0 saturated heterocycles. The molecule has 0 heterocycles. The SMILES string of the molecule is FC(F)(F)C(Br)(Br)C(Cl)(Cl)Cl. The monoisotopic (exact) mass is 356 g/mol. The molecule has 0 aromatic carbocycles. The first-order chi connectivity index (χ1) is 4.50. The van der Waals surface area contributed by atoms with Crippen molar-refractivity contribution in [1.29, 1.82) is 0 Å². The van der Waals surface area contributed by atoms with Crippen LogP contribution in [0.2, 0.25) is 0 Å². The van der Waals surface area contributed by atoms with Gasteiger partial charge in [-0.3, -0.25) is 0 Å². The lowest BCUT2D eigenvalue weighted by Crippen LogP contribution is -2.44. The molecule has 0 atom stereocenters. The zero-order chi connectivity index (χ0) is 9.50. The van der Waals surface area contributed by atoms with Gasteiger partial charge < -0.3 is 0 Å². The summed E-state index contributed by atoms with van der Waals surface area (Å²) in [4.78, 5) is 0. The first kappa shape index (κ1) is 12.6. The minimum absolute atomic E-state index is 2.22. The molecule has 0 N–H and O–H groups in total. The summed E-state index contributed by atoms with van der Waals surface area (Å²) in [5, 5.41) is 0. The van der Waals surface area contributed by atoms with Crippen molar-refractivity contribution in [2.24, 2.45) is 0 Å². The molecule has 11 heavy (non-hydrogen) atoms. The van der Waals surface area contributed by atoms with E-state index in [2.05, 4.69) is 31.9 Å². The molecule has 0 bridgehead atoms. The molecule has 8 heteroatoms. The van der Waals surface area contributed by atoms with Crippen LogP contribution in [-0.4, -0.2) is 13.2 Å². The van der Waals surface area contributed by atoms with Gasteiger partial charge in [-0.2, -0.15) is 13.2 Å².